The minimum Gasteiger partial charge on any atom is -0.489 e. The molecular formula is C15H18N2O4. The molecule has 0 aliphatic rings. The zero-order valence-corrected chi connectivity index (χ0v) is 12.3. The Morgan fingerprint density at radius 3 is 2.57 bits per heavy atom. The van der Waals surface area contributed by atoms with E-state index in [1.807, 2.05) is 6.92 Å². The van der Waals surface area contributed by atoms with Gasteiger partial charge in [-0.2, -0.15) is 0 Å². The lowest BCUT2D eigenvalue weighted by molar-refractivity contribution is -0.132. The van der Waals surface area contributed by atoms with Crippen LogP contribution >= 0.6 is 0 Å². The Morgan fingerprint density at radius 2 is 2.00 bits per heavy atom. The van der Waals surface area contributed by atoms with E-state index in [1.165, 1.54) is 11.5 Å². The number of carbonyl (C=O) groups excluding carboxylic acids is 1. The van der Waals surface area contributed by atoms with Crippen LogP contribution in [0.2, 0.25) is 0 Å². The molecule has 0 bridgehead atoms. The highest BCUT2D eigenvalue weighted by Crippen LogP contribution is 2.33. The Morgan fingerprint density at radius 1 is 1.29 bits per heavy atom. The van der Waals surface area contributed by atoms with Gasteiger partial charge in [-0.25, -0.2) is 0 Å². The molecule has 0 saturated carbocycles. The first-order valence-electron chi connectivity index (χ1n) is 6.76. The molecule has 0 saturated heterocycles. The highest BCUT2D eigenvalue weighted by molar-refractivity contribution is 5.90. The molecule has 6 heteroatoms. The minimum absolute atomic E-state index is 0.0801. The maximum atomic E-state index is 12.5. The molecule has 112 valence electrons. The summed E-state index contributed by atoms with van der Waals surface area (Å²) in [6, 6.07) is 5.18. The van der Waals surface area contributed by atoms with E-state index < -0.39 is 11.5 Å². The SMILES string of the molecule is CCOc1c(OC(C)=O)c(=O)n(CC)c2cc(N)ccc12. The highest BCUT2D eigenvalue weighted by atomic mass is 16.6. The van der Waals surface area contributed by atoms with Crippen molar-refractivity contribution in [3.05, 3.63) is 28.6 Å². The van der Waals surface area contributed by atoms with Crippen molar-refractivity contribution in [1.82, 2.24) is 4.57 Å². The van der Waals surface area contributed by atoms with Crippen LogP contribution < -0.4 is 20.8 Å². The number of pyridine rings is 1. The number of nitrogen functional groups attached to an aromatic ring is 1. The number of fused-ring (bicyclic) bond motifs is 1. The average molecular weight is 290 g/mol. The molecule has 1 heterocycles. The van der Waals surface area contributed by atoms with E-state index in [1.54, 1.807) is 25.1 Å². The van der Waals surface area contributed by atoms with E-state index in [0.29, 0.717) is 29.7 Å². The second-order valence-corrected chi connectivity index (χ2v) is 4.51. The number of hydrogen-bond acceptors (Lipinski definition) is 5. The zero-order valence-electron chi connectivity index (χ0n) is 12.3. The molecule has 21 heavy (non-hydrogen) atoms. The number of rotatable bonds is 4. The third kappa shape index (κ3) is 2.69. The summed E-state index contributed by atoms with van der Waals surface area (Å²) in [6.07, 6.45) is 0. The van der Waals surface area contributed by atoms with Crippen LogP contribution in [-0.2, 0) is 11.3 Å². The molecule has 0 amide bonds. The Labute approximate surface area is 122 Å². The monoisotopic (exact) mass is 290 g/mol. The molecule has 1 aromatic carbocycles. The molecule has 0 spiro atoms. The second-order valence-electron chi connectivity index (χ2n) is 4.51. The fraction of sp³-hybridized carbons (Fsp3) is 0.333. The van der Waals surface area contributed by atoms with Gasteiger partial charge in [0.15, 0.2) is 5.75 Å². The normalized spacial score (nSPS) is 10.6. The largest absolute Gasteiger partial charge is 0.489 e. The van der Waals surface area contributed by atoms with Gasteiger partial charge < -0.3 is 19.8 Å². The van der Waals surface area contributed by atoms with Gasteiger partial charge in [0.25, 0.3) is 5.56 Å². The summed E-state index contributed by atoms with van der Waals surface area (Å²) in [5.41, 5.74) is 6.59. The number of esters is 1. The number of ether oxygens (including phenoxy) is 2. The van der Waals surface area contributed by atoms with Crippen molar-refractivity contribution < 1.29 is 14.3 Å². The predicted molar refractivity (Wildman–Crippen MR) is 80.8 cm³/mol. The molecule has 0 atom stereocenters. The first-order valence-corrected chi connectivity index (χ1v) is 6.76. The maximum absolute atomic E-state index is 12.5. The van der Waals surface area contributed by atoms with E-state index in [0.717, 1.165) is 0 Å². The van der Waals surface area contributed by atoms with Crippen LogP contribution in [-0.4, -0.2) is 17.1 Å². The van der Waals surface area contributed by atoms with Crippen molar-refractivity contribution in [3.8, 4) is 11.5 Å². The van der Waals surface area contributed by atoms with Crippen LogP contribution in [0.3, 0.4) is 0 Å². The zero-order chi connectivity index (χ0) is 15.6. The molecule has 0 unspecified atom stereocenters. The van der Waals surface area contributed by atoms with Gasteiger partial charge in [-0.15, -0.1) is 0 Å². The molecule has 2 N–H and O–H groups in total. The Balaban J connectivity index is 2.90. The van der Waals surface area contributed by atoms with Gasteiger partial charge in [0.1, 0.15) is 0 Å². The van der Waals surface area contributed by atoms with E-state index in [-0.39, 0.29) is 11.5 Å². The highest BCUT2D eigenvalue weighted by Gasteiger charge is 2.20. The maximum Gasteiger partial charge on any atom is 0.308 e. The first-order chi connectivity index (χ1) is 9.99. The standard InChI is InChI=1S/C15H18N2O4/c1-4-17-12-8-10(16)6-7-11(12)13(20-5-2)14(15(17)19)21-9(3)18/h6-8H,4-5,16H2,1-3H3. The van der Waals surface area contributed by atoms with E-state index >= 15 is 0 Å². The van der Waals surface area contributed by atoms with Crippen LogP contribution in [0.25, 0.3) is 10.9 Å². The van der Waals surface area contributed by atoms with Crippen molar-refractivity contribution in [2.24, 2.45) is 0 Å². The van der Waals surface area contributed by atoms with Crippen LogP contribution in [0, 0.1) is 0 Å². The molecule has 0 aliphatic heterocycles. The molecular weight excluding hydrogens is 272 g/mol. The number of nitrogens with zero attached hydrogens (tertiary/aromatic N) is 1. The molecule has 1 aromatic heterocycles. The van der Waals surface area contributed by atoms with E-state index in [4.69, 9.17) is 15.2 Å². The number of hydrogen-bond donors (Lipinski definition) is 1. The summed E-state index contributed by atoms with van der Waals surface area (Å²) in [6.45, 7) is 5.66. The summed E-state index contributed by atoms with van der Waals surface area (Å²) in [4.78, 5) is 23.8. The molecule has 0 radical (unpaired) electrons. The van der Waals surface area contributed by atoms with Gasteiger partial charge in [-0.3, -0.25) is 9.59 Å². The van der Waals surface area contributed by atoms with Crippen molar-refractivity contribution in [2.45, 2.75) is 27.3 Å². The van der Waals surface area contributed by atoms with Crippen LogP contribution in [0.5, 0.6) is 11.5 Å². The van der Waals surface area contributed by atoms with Crippen LogP contribution in [0.4, 0.5) is 5.69 Å². The van der Waals surface area contributed by atoms with Gasteiger partial charge in [-0.05, 0) is 32.0 Å². The topological polar surface area (TPSA) is 83.5 Å². The number of aromatic nitrogens is 1. The lowest BCUT2D eigenvalue weighted by atomic mass is 10.1. The van der Waals surface area contributed by atoms with E-state index in [2.05, 4.69) is 0 Å². The number of aryl methyl sites for hydroxylation is 1. The lowest BCUT2D eigenvalue weighted by Gasteiger charge is -2.16. The van der Waals surface area contributed by atoms with Crippen molar-refractivity contribution in [3.63, 3.8) is 0 Å². The Bertz CT molecular complexity index is 749. The number of anilines is 1. The Kier molecular flexibility index (Phi) is 4.16. The van der Waals surface area contributed by atoms with Gasteiger partial charge in [-0.1, -0.05) is 0 Å². The molecule has 2 rings (SSSR count). The molecule has 0 fully saturated rings. The van der Waals surface area contributed by atoms with Crippen LogP contribution in [0.15, 0.2) is 23.0 Å². The van der Waals surface area contributed by atoms with Gasteiger partial charge in [0, 0.05) is 24.5 Å². The number of benzene rings is 1. The quantitative estimate of drug-likeness (QED) is 0.687. The third-order valence-corrected chi connectivity index (χ3v) is 3.05. The third-order valence-electron chi connectivity index (χ3n) is 3.05. The number of nitrogens with two attached hydrogens (primary N) is 1. The summed E-state index contributed by atoms with van der Waals surface area (Å²) in [5, 5.41) is 0.684. The predicted octanol–water partition coefficient (Wildman–Crippen LogP) is 1.93. The van der Waals surface area contributed by atoms with E-state index in [9.17, 15) is 9.59 Å². The minimum atomic E-state index is -0.564. The van der Waals surface area contributed by atoms with Crippen molar-refractivity contribution in [1.29, 1.82) is 0 Å². The molecule has 0 aliphatic carbocycles. The fourth-order valence-electron chi connectivity index (χ4n) is 2.25. The summed E-state index contributed by atoms with van der Waals surface area (Å²) in [5.74, 6) is -0.369. The van der Waals surface area contributed by atoms with Crippen molar-refractivity contribution in [2.75, 3.05) is 12.3 Å². The lowest BCUT2D eigenvalue weighted by Crippen LogP contribution is -2.24. The molecule has 2 aromatic rings. The molecule has 6 nitrogen and oxygen atoms in total. The second kappa shape index (κ2) is 5.87. The Hall–Kier alpha value is -2.50. The van der Waals surface area contributed by atoms with Gasteiger partial charge in [0.05, 0.1) is 12.1 Å². The first kappa shape index (κ1) is 14.9. The smallest absolute Gasteiger partial charge is 0.308 e. The summed E-state index contributed by atoms with van der Waals surface area (Å²) < 4.78 is 12.1. The average Bonchev–Trinajstić information content (AvgIpc) is 2.43. The summed E-state index contributed by atoms with van der Waals surface area (Å²) in [7, 11) is 0. The van der Waals surface area contributed by atoms with Crippen molar-refractivity contribution >= 4 is 22.6 Å². The fourth-order valence-corrected chi connectivity index (χ4v) is 2.25. The van der Waals surface area contributed by atoms with Gasteiger partial charge in [0.2, 0.25) is 5.75 Å². The summed E-state index contributed by atoms with van der Waals surface area (Å²) >= 11 is 0. The number of carbonyl (C=O) groups is 1. The van der Waals surface area contributed by atoms with Crippen LogP contribution in [0.1, 0.15) is 20.8 Å². The van der Waals surface area contributed by atoms with Gasteiger partial charge >= 0.3 is 5.97 Å².